The van der Waals surface area contributed by atoms with Crippen LogP contribution in [0.25, 0.3) is 0 Å². The highest BCUT2D eigenvalue weighted by molar-refractivity contribution is 7.14. The number of hydrogen-bond acceptors (Lipinski definition) is 3. The Morgan fingerprint density at radius 2 is 1.97 bits per heavy atom. The summed E-state index contributed by atoms with van der Waals surface area (Å²) in [6.45, 7) is 13.1. The maximum absolute atomic E-state index is 12.8. The van der Waals surface area contributed by atoms with Gasteiger partial charge in [-0.1, -0.05) is 50.3 Å². The largest absolute Gasteiger partial charge is 0.293 e. The van der Waals surface area contributed by atoms with E-state index < -0.39 is 0 Å². The number of rotatable bonds is 11. The van der Waals surface area contributed by atoms with Gasteiger partial charge in [0.1, 0.15) is 0 Å². The molecule has 3 heteroatoms. The number of allylic oxidation sites excluding steroid dienone is 2. The molecule has 0 spiro atoms. The van der Waals surface area contributed by atoms with E-state index in [1.165, 1.54) is 45.8 Å². The number of nitrogens with zero attached hydrogens (tertiary/aromatic N) is 1. The van der Waals surface area contributed by atoms with Crippen molar-refractivity contribution in [3.05, 3.63) is 80.7 Å². The minimum absolute atomic E-state index is 0.0546. The van der Waals surface area contributed by atoms with Gasteiger partial charge in [0.05, 0.1) is 10.6 Å². The van der Waals surface area contributed by atoms with Crippen LogP contribution in [-0.4, -0.2) is 11.5 Å². The van der Waals surface area contributed by atoms with Gasteiger partial charge in [0, 0.05) is 22.4 Å². The zero-order valence-electron chi connectivity index (χ0n) is 21.3. The van der Waals surface area contributed by atoms with Crippen LogP contribution >= 0.6 is 11.3 Å². The van der Waals surface area contributed by atoms with Crippen molar-refractivity contribution < 1.29 is 4.79 Å². The number of carbonyl (C=O) groups excluding carboxylic acids is 1. The van der Waals surface area contributed by atoms with E-state index in [0.717, 1.165) is 49.3 Å². The number of aliphatic imine (C=N–C) groups is 1. The molecule has 2 aliphatic rings. The molecule has 2 heterocycles. The van der Waals surface area contributed by atoms with Crippen LogP contribution in [0.4, 0.5) is 0 Å². The molecule has 34 heavy (non-hydrogen) atoms. The van der Waals surface area contributed by atoms with Crippen molar-refractivity contribution in [2.45, 2.75) is 85.0 Å². The zero-order valence-corrected chi connectivity index (χ0v) is 22.1. The first-order valence-corrected chi connectivity index (χ1v) is 13.8. The second kappa shape index (κ2) is 11.0. The molecule has 0 bridgehead atoms. The van der Waals surface area contributed by atoms with E-state index in [1.807, 2.05) is 12.1 Å². The summed E-state index contributed by atoms with van der Waals surface area (Å²) >= 11 is 1.61. The van der Waals surface area contributed by atoms with Crippen LogP contribution in [-0.2, 0) is 0 Å². The minimum Gasteiger partial charge on any atom is -0.293 e. The van der Waals surface area contributed by atoms with Gasteiger partial charge in [0.25, 0.3) is 0 Å². The Morgan fingerprint density at radius 3 is 2.62 bits per heavy atom. The number of thiophene rings is 1. The van der Waals surface area contributed by atoms with Crippen LogP contribution in [0.2, 0.25) is 0 Å². The molecule has 0 radical (unpaired) electrons. The summed E-state index contributed by atoms with van der Waals surface area (Å²) in [5.74, 6) is 1.44. The van der Waals surface area contributed by atoms with E-state index >= 15 is 0 Å². The maximum atomic E-state index is 12.8. The number of carbonyl (C=O) groups is 1. The van der Waals surface area contributed by atoms with Gasteiger partial charge in [-0.05, 0) is 100.0 Å². The third kappa shape index (κ3) is 5.86. The number of Topliss-reactive ketones (excluding diaryl/α,β-unsaturated/α-hetero) is 1. The Hall–Kier alpha value is -2.26. The van der Waals surface area contributed by atoms with Crippen LogP contribution in [0, 0.1) is 25.7 Å². The van der Waals surface area contributed by atoms with Crippen LogP contribution in [0.3, 0.4) is 0 Å². The smallest absolute Gasteiger partial charge is 0.175 e. The predicted octanol–water partition coefficient (Wildman–Crippen LogP) is 9.00. The average Bonchev–Trinajstić information content (AvgIpc) is 3.58. The zero-order chi connectivity index (χ0) is 24.2. The standard InChI is InChI=1S/C31H39NOS/c1-6-26(25-12-7-9-20(2)19-25)28-17-16-27(24-14-15-24)30(32-28)21(3)10-8-11-22(4)31(33)29-18-13-23(5)34-29/h7,9,12-13,18-19,22,24,26H,3,6,8,10-11,14-17H2,1-2,4-5H3/t22-,26?/m0/s1. The summed E-state index contributed by atoms with van der Waals surface area (Å²) < 4.78 is 0. The van der Waals surface area contributed by atoms with E-state index in [1.54, 1.807) is 16.9 Å². The summed E-state index contributed by atoms with van der Waals surface area (Å²) in [6, 6.07) is 12.9. The molecule has 1 aliphatic carbocycles. The van der Waals surface area contributed by atoms with Crippen molar-refractivity contribution in [1.82, 2.24) is 0 Å². The van der Waals surface area contributed by atoms with Crippen LogP contribution in [0.15, 0.2) is 64.8 Å². The van der Waals surface area contributed by atoms with Crippen molar-refractivity contribution in [3.63, 3.8) is 0 Å². The molecular weight excluding hydrogens is 434 g/mol. The monoisotopic (exact) mass is 473 g/mol. The van der Waals surface area contributed by atoms with E-state index in [2.05, 4.69) is 58.5 Å². The van der Waals surface area contributed by atoms with Gasteiger partial charge in [0.2, 0.25) is 0 Å². The van der Waals surface area contributed by atoms with Gasteiger partial charge < -0.3 is 0 Å². The van der Waals surface area contributed by atoms with Crippen molar-refractivity contribution in [1.29, 1.82) is 0 Å². The summed E-state index contributed by atoms with van der Waals surface area (Å²) in [6.07, 6.45) is 8.69. The van der Waals surface area contributed by atoms with Gasteiger partial charge in [0.15, 0.2) is 5.78 Å². The van der Waals surface area contributed by atoms with E-state index in [4.69, 9.17) is 4.99 Å². The Balaban J connectivity index is 1.45. The summed E-state index contributed by atoms with van der Waals surface area (Å²) in [5, 5.41) is 0. The van der Waals surface area contributed by atoms with Gasteiger partial charge in [-0.3, -0.25) is 9.79 Å². The van der Waals surface area contributed by atoms with Gasteiger partial charge >= 0.3 is 0 Å². The summed E-state index contributed by atoms with van der Waals surface area (Å²) in [4.78, 5) is 20.2. The summed E-state index contributed by atoms with van der Waals surface area (Å²) in [5.41, 5.74) is 7.94. The molecule has 0 N–H and O–H groups in total. The molecule has 180 valence electrons. The fourth-order valence-corrected chi connectivity index (χ4v) is 6.19. The van der Waals surface area contributed by atoms with E-state index in [-0.39, 0.29) is 11.7 Å². The molecule has 1 fully saturated rings. The molecule has 2 nitrogen and oxygen atoms in total. The van der Waals surface area contributed by atoms with Crippen molar-refractivity contribution in [2.24, 2.45) is 16.8 Å². The molecular formula is C31H39NOS. The fourth-order valence-electron chi connectivity index (χ4n) is 5.27. The lowest BCUT2D eigenvalue weighted by Crippen LogP contribution is -2.17. The third-order valence-electron chi connectivity index (χ3n) is 7.42. The number of ketones is 1. The maximum Gasteiger partial charge on any atom is 0.175 e. The molecule has 0 amide bonds. The second-order valence-corrected chi connectivity index (χ2v) is 11.6. The Bertz CT molecular complexity index is 1110. The highest BCUT2D eigenvalue weighted by atomic mass is 32.1. The van der Waals surface area contributed by atoms with E-state index in [0.29, 0.717) is 5.92 Å². The summed E-state index contributed by atoms with van der Waals surface area (Å²) in [7, 11) is 0. The Morgan fingerprint density at radius 1 is 1.18 bits per heavy atom. The molecule has 2 atom stereocenters. The normalized spacial score (nSPS) is 17.9. The lowest BCUT2D eigenvalue weighted by Gasteiger charge is -2.26. The number of aryl methyl sites for hydroxylation is 2. The molecule has 1 saturated carbocycles. The first-order chi connectivity index (χ1) is 16.4. The Labute approximate surface area is 209 Å². The Kier molecular flexibility index (Phi) is 8.03. The van der Waals surface area contributed by atoms with Crippen LogP contribution < -0.4 is 0 Å². The first kappa shape index (κ1) is 24.9. The number of hydrogen-bond donors (Lipinski definition) is 0. The predicted molar refractivity (Wildman–Crippen MR) is 146 cm³/mol. The molecule has 1 aromatic heterocycles. The SMILES string of the molecule is C=C(CCC[C@H](C)C(=O)c1ccc(C)s1)C1=C(C2CC2)CCC(C(CC)c2cccc(C)c2)=N1. The van der Waals surface area contributed by atoms with Crippen molar-refractivity contribution >= 4 is 22.8 Å². The minimum atomic E-state index is 0.0546. The molecule has 1 aliphatic heterocycles. The van der Waals surface area contributed by atoms with Crippen molar-refractivity contribution in [3.8, 4) is 0 Å². The van der Waals surface area contributed by atoms with Gasteiger partial charge in [-0.15, -0.1) is 11.3 Å². The lowest BCUT2D eigenvalue weighted by molar-refractivity contribution is 0.0927. The highest BCUT2D eigenvalue weighted by Crippen LogP contribution is 2.45. The molecule has 4 rings (SSSR count). The molecule has 1 unspecified atom stereocenters. The first-order valence-electron chi connectivity index (χ1n) is 13.0. The molecule has 1 aromatic carbocycles. The average molecular weight is 474 g/mol. The highest BCUT2D eigenvalue weighted by Gasteiger charge is 2.32. The lowest BCUT2D eigenvalue weighted by atomic mass is 9.84. The van der Waals surface area contributed by atoms with Crippen LogP contribution in [0.1, 0.15) is 96.8 Å². The topological polar surface area (TPSA) is 29.4 Å². The van der Waals surface area contributed by atoms with Gasteiger partial charge in [-0.25, -0.2) is 0 Å². The fraction of sp³-hybridized carbons (Fsp3) is 0.484. The van der Waals surface area contributed by atoms with Gasteiger partial charge in [-0.2, -0.15) is 0 Å². The number of benzene rings is 1. The van der Waals surface area contributed by atoms with E-state index in [9.17, 15) is 4.79 Å². The molecule has 2 aromatic rings. The quantitative estimate of drug-likeness (QED) is 0.299. The third-order valence-corrected chi connectivity index (χ3v) is 8.43. The second-order valence-electron chi connectivity index (χ2n) is 10.3. The van der Waals surface area contributed by atoms with Crippen molar-refractivity contribution in [2.75, 3.05) is 0 Å². The van der Waals surface area contributed by atoms with Crippen LogP contribution in [0.5, 0.6) is 0 Å². The molecule has 0 saturated heterocycles.